The predicted octanol–water partition coefficient (Wildman–Crippen LogP) is 0.152. The van der Waals surface area contributed by atoms with Crippen LogP contribution in [-0.2, 0) is 0 Å². The standard InChI is InChI=1S/C6H6N.CH2.Al/c1-6-3-2-4-7-5-6;;/h2-3,5H,1H3;1H2;. The van der Waals surface area contributed by atoms with Gasteiger partial charge in [0.15, 0.2) is 0 Å². The molecule has 9 heavy (non-hydrogen) atoms. The van der Waals surface area contributed by atoms with Crippen molar-refractivity contribution in [3.05, 3.63) is 23.9 Å². The molecule has 0 aliphatic rings. The van der Waals surface area contributed by atoms with Crippen molar-refractivity contribution in [3.8, 4) is 0 Å². The molecule has 44 valence electrons. The van der Waals surface area contributed by atoms with Gasteiger partial charge in [0.1, 0.15) is 0 Å². The van der Waals surface area contributed by atoms with Crippen LogP contribution < -0.4 is 4.56 Å². The first-order valence-corrected chi connectivity index (χ1v) is 4.27. The molecular formula is C7H8AlN. The van der Waals surface area contributed by atoms with Crippen LogP contribution in [0.4, 0.5) is 0 Å². The number of hydrogen-bond acceptors (Lipinski definition) is 1. The Morgan fingerprint density at radius 3 is 2.78 bits per heavy atom. The predicted molar refractivity (Wildman–Crippen MR) is 41.5 cm³/mol. The van der Waals surface area contributed by atoms with Crippen molar-refractivity contribution >= 4 is 24.7 Å². The van der Waals surface area contributed by atoms with Crippen molar-refractivity contribution in [1.29, 1.82) is 0 Å². The monoisotopic (exact) mass is 133 g/mol. The zero-order valence-electron chi connectivity index (χ0n) is 5.46. The van der Waals surface area contributed by atoms with Crippen molar-refractivity contribution in [2.24, 2.45) is 0 Å². The van der Waals surface area contributed by atoms with E-state index in [1.54, 1.807) is 0 Å². The number of nitrogens with zero attached hydrogens (tertiary/aromatic N) is 1. The van der Waals surface area contributed by atoms with Crippen LogP contribution in [0.2, 0.25) is 0 Å². The van der Waals surface area contributed by atoms with Gasteiger partial charge >= 0.3 is 60.5 Å². The minimum absolute atomic E-state index is 0.140. The third-order valence-corrected chi connectivity index (χ3v) is 1.90. The van der Waals surface area contributed by atoms with Gasteiger partial charge < -0.3 is 0 Å². The molecule has 0 aliphatic heterocycles. The van der Waals surface area contributed by atoms with Crippen LogP contribution in [0.15, 0.2) is 18.3 Å². The summed E-state index contributed by atoms with van der Waals surface area (Å²) in [6.45, 7) is 2.04. The van der Waals surface area contributed by atoms with Crippen molar-refractivity contribution < 1.29 is 0 Å². The fraction of sp³-hybridized carbons (Fsp3) is 0.143. The molecule has 1 aromatic rings. The molecule has 1 heterocycles. The van der Waals surface area contributed by atoms with E-state index in [1.807, 2.05) is 19.2 Å². The molecule has 1 nitrogen and oxygen atoms in total. The Morgan fingerprint density at radius 1 is 1.56 bits per heavy atom. The van der Waals surface area contributed by atoms with Gasteiger partial charge in [-0.15, -0.1) is 0 Å². The van der Waals surface area contributed by atoms with Crippen molar-refractivity contribution in [3.63, 3.8) is 0 Å². The summed E-state index contributed by atoms with van der Waals surface area (Å²) in [6, 6.07) is 4.11. The number of aromatic nitrogens is 1. The summed E-state index contributed by atoms with van der Waals surface area (Å²) in [5.74, 6) is 0. The fourth-order valence-corrected chi connectivity index (χ4v) is 1.01. The minimum atomic E-state index is 0.140. The van der Waals surface area contributed by atoms with Gasteiger partial charge in [0, 0.05) is 0 Å². The summed E-state index contributed by atoms with van der Waals surface area (Å²) in [6.07, 6.45) is 1.88. The van der Waals surface area contributed by atoms with Crippen LogP contribution in [0.3, 0.4) is 0 Å². The topological polar surface area (TPSA) is 12.9 Å². The van der Waals surface area contributed by atoms with E-state index in [0.29, 0.717) is 0 Å². The Kier molecular flexibility index (Phi) is 2.16. The molecule has 2 heteroatoms. The van der Waals surface area contributed by atoms with Gasteiger partial charge in [-0.1, -0.05) is 0 Å². The molecule has 0 saturated heterocycles. The van der Waals surface area contributed by atoms with Crippen molar-refractivity contribution in [2.75, 3.05) is 0 Å². The second-order valence-corrected chi connectivity index (χ2v) is 2.96. The molecule has 0 aromatic carbocycles. The molecule has 0 N–H and O–H groups in total. The Labute approximate surface area is 61.0 Å². The average Bonchev–Trinajstić information content (AvgIpc) is 1.90. The molecule has 1 rings (SSSR count). The van der Waals surface area contributed by atoms with E-state index in [1.165, 1.54) is 5.56 Å². The second-order valence-electron chi connectivity index (χ2n) is 1.96. The molecule has 1 aromatic heterocycles. The fourth-order valence-electron chi connectivity index (χ4n) is 0.600. The first-order valence-electron chi connectivity index (χ1n) is 2.88. The molecule has 0 fully saturated rings. The molecule has 0 aliphatic carbocycles. The first-order chi connectivity index (χ1) is 4.33. The van der Waals surface area contributed by atoms with Gasteiger partial charge in [-0.3, -0.25) is 0 Å². The summed E-state index contributed by atoms with van der Waals surface area (Å²) >= 11 is 0.140. The Balaban J connectivity index is 3.01. The maximum absolute atomic E-state index is 4.17. The van der Waals surface area contributed by atoms with Gasteiger partial charge in [-0.2, -0.15) is 0 Å². The van der Waals surface area contributed by atoms with E-state index in [-0.39, 0.29) is 14.8 Å². The van der Waals surface area contributed by atoms with E-state index < -0.39 is 0 Å². The van der Waals surface area contributed by atoms with Crippen LogP contribution in [0.5, 0.6) is 0 Å². The zero-order valence-corrected chi connectivity index (χ0v) is 6.62. The normalized spacial score (nSPS) is 8.56. The Hall–Kier alpha value is -0.448. The molecule has 0 unspecified atom stereocenters. The Bertz CT molecular complexity index is 203. The van der Waals surface area contributed by atoms with Gasteiger partial charge in [0.2, 0.25) is 0 Å². The van der Waals surface area contributed by atoms with Crippen LogP contribution in [-0.4, -0.2) is 25.2 Å². The molecule has 0 spiro atoms. The average molecular weight is 133 g/mol. The van der Waals surface area contributed by atoms with E-state index in [4.69, 9.17) is 0 Å². The van der Waals surface area contributed by atoms with Gasteiger partial charge in [0.25, 0.3) is 0 Å². The summed E-state index contributed by atoms with van der Waals surface area (Å²) in [7, 11) is 0. The van der Waals surface area contributed by atoms with Gasteiger partial charge in [-0.25, -0.2) is 0 Å². The first kappa shape index (κ1) is 6.67. The van der Waals surface area contributed by atoms with E-state index in [9.17, 15) is 0 Å². The van der Waals surface area contributed by atoms with Crippen LogP contribution in [0.25, 0.3) is 0 Å². The second kappa shape index (κ2) is 2.91. The van der Waals surface area contributed by atoms with Crippen LogP contribution in [0.1, 0.15) is 5.56 Å². The summed E-state index contributed by atoms with van der Waals surface area (Å²) in [5, 5.41) is 3.81. The van der Waals surface area contributed by atoms with Crippen molar-refractivity contribution in [2.45, 2.75) is 6.92 Å². The number of rotatable bonds is 1. The zero-order chi connectivity index (χ0) is 6.69. The number of pyridine rings is 1. The summed E-state index contributed by atoms with van der Waals surface area (Å²) in [5.41, 5.74) is 1.21. The third-order valence-electron chi connectivity index (χ3n) is 1.14. The maximum atomic E-state index is 4.17. The SMILES string of the molecule is [CH2]=[Al][c]1ccc(C)cn1. The Morgan fingerprint density at radius 2 is 2.33 bits per heavy atom. The summed E-state index contributed by atoms with van der Waals surface area (Å²) in [4.78, 5) is 4.17. The quantitative estimate of drug-likeness (QED) is 0.497. The van der Waals surface area contributed by atoms with Crippen LogP contribution >= 0.6 is 0 Å². The van der Waals surface area contributed by atoms with Crippen LogP contribution in [0, 0.1) is 6.92 Å². The van der Waals surface area contributed by atoms with Gasteiger partial charge in [0.05, 0.1) is 0 Å². The van der Waals surface area contributed by atoms with E-state index in [0.717, 1.165) is 4.56 Å². The summed E-state index contributed by atoms with van der Waals surface area (Å²) < 4.78 is 1.14. The molecular weight excluding hydrogens is 125 g/mol. The van der Waals surface area contributed by atoms with Gasteiger partial charge in [-0.05, 0) is 0 Å². The van der Waals surface area contributed by atoms with Crippen molar-refractivity contribution in [1.82, 2.24) is 4.98 Å². The van der Waals surface area contributed by atoms with E-state index >= 15 is 0 Å². The molecule has 0 radical (unpaired) electrons. The molecule has 0 saturated carbocycles. The molecule has 0 bridgehead atoms. The number of hydrogen-bond donors (Lipinski definition) is 0. The molecule has 0 atom stereocenters. The van der Waals surface area contributed by atoms with E-state index in [2.05, 4.69) is 16.4 Å². The number of aryl methyl sites for hydroxylation is 1. The third kappa shape index (κ3) is 1.74. The molecule has 0 amide bonds.